The SMILES string of the molecule is CC(C)[C@H](NC(=O)COc1ccc(-c2cccc([C@@H](C)O)c2)cc1)C(=O)N[C@@H](C)C(=O)N1CCC[C@@H](C(=O)O)N1. The van der Waals surface area contributed by atoms with Gasteiger partial charge < -0.3 is 25.6 Å². The highest BCUT2D eigenvalue weighted by Crippen LogP contribution is 2.25. The second kappa shape index (κ2) is 13.9. The van der Waals surface area contributed by atoms with Gasteiger partial charge in [-0.15, -0.1) is 0 Å². The molecule has 11 heteroatoms. The summed E-state index contributed by atoms with van der Waals surface area (Å²) in [5, 5.41) is 25.5. The van der Waals surface area contributed by atoms with E-state index in [9.17, 15) is 29.4 Å². The maximum absolute atomic E-state index is 12.9. The predicted octanol–water partition coefficient (Wildman–Crippen LogP) is 2.01. The van der Waals surface area contributed by atoms with E-state index >= 15 is 0 Å². The molecule has 1 aliphatic rings. The molecule has 216 valence electrons. The molecular formula is C29H38N4O7. The average molecular weight is 555 g/mol. The summed E-state index contributed by atoms with van der Waals surface area (Å²) in [7, 11) is 0. The van der Waals surface area contributed by atoms with Gasteiger partial charge in [-0.3, -0.25) is 24.2 Å². The Labute approximate surface area is 233 Å². The van der Waals surface area contributed by atoms with Crippen LogP contribution in [-0.2, 0) is 19.2 Å². The molecule has 5 N–H and O–H groups in total. The number of benzene rings is 2. The molecule has 1 aliphatic heterocycles. The van der Waals surface area contributed by atoms with Crippen LogP contribution >= 0.6 is 0 Å². The third kappa shape index (κ3) is 8.27. The van der Waals surface area contributed by atoms with Gasteiger partial charge in [0.25, 0.3) is 11.8 Å². The van der Waals surface area contributed by atoms with Crippen molar-refractivity contribution in [2.24, 2.45) is 5.92 Å². The number of nitrogens with one attached hydrogen (secondary N) is 3. The van der Waals surface area contributed by atoms with Gasteiger partial charge in [-0.2, -0.15) is 0 Å². The zero-order chi connectivity index (χ0) is 29.4. The second-order valence-corrected chi connectivity index (χ2v) is 10.3. The summed E-state index contributed by atoms with van der Waals surface area (Å²) in [5.41, 5.74) is 5.36. The summed E-state index contributed by atoms with van der Waals surface area (Å²) >= 11 is 0. The number of carbonyl (C=O) groups excluding carboxylic acids is 3. The van der Waals surface area contributed by atoms with Crippen molar-refractivity contribution in [1.82, 2.24) is 21.1 Å². The largest absolute Gasteiger partial charge is 0.484 e. The van der Waals surface area contributed by atoms with Gasteiger partial charge in [0.2, 0.25) is 5.91 Å². The van der Waals surface area contributed by atoms with Crippen molar-refractivity contribution in [3.63, 3.8) is 0 Å². The van der Waals surface area contributed by atoms with Crippen molar-refractivity contribution in [3.8, 4) is 16.9 Å². The molecular weight excluding hydrogens is 516 g/mol. The lowest BCUT2D eigenvalue weighted by Crippen LogP contribution is -2.60. The zero-order valence-electron chi connectivity index (χ0n) is 23.2. The molecule has 40 heavy (non-hydrogen) atoms. The summed E-state index contributed by atoms with van der Waals surface area (Å²) < 4.78 is 5.61. The van der Waals surface area contributed by atoms with Gasteiger partial charge in [-0.25, -0.2) is 5.43 Å². The average Bonchev–Trinajstić information content (AvgIpc) is 2.94. The number of carbonyl (C=O) groups is 4. The Morgan fingerprint density at radius 2 is 1.73 bits per heavy atom. The van der Waals surface area contributed by atoms with Crippen LogP contribution in [0.3, 0.4) is 0 Å². The highest BCUT2D eigenvalue weighted by molar-refractivity contribution is 5.92. The Morgan fingerprint density at radius 3 is 2.35 bits per heavy atom. The number of aliphatic hydroxyl groups is 1. The van der Waals surface area contributed by atoms with E-state index in [1.54, 1.807) is 32.9 Å². The van der Waals surface area contributed by atoms with E-state index in [1.807, 2.05) is 36.4 Å². The highest BCUT2D eigenvalue weighted by Gasteiger charge is 2.32. The summed E-state index contributed by atoms with van der Waals surface area (Å²) in [6.07, 6.45) is 0.366. The van der Waals surface area contributed by atoms with Gasteiger partial charge >= 0.3 is 5.97 Å². The molecule has 2 aromatic rings. The molecule has 1 fully saturated rings. The van der Waals surface area contributed by atoms with E-state index in [1.165, 1.54) is 11.9 Å². The van der Waals surface area contributed by atoms with Gasteiger partial charge in [-0.1, -0.05) is 44.2 Å². The first-order valence-corrected chi connectivity index (χ1v) is 13.4. The van der Waals surface area contributed by atoms with Crippen molar-refractivity contribution >= 4 is 23.7 Å². The van der Waals surface area contributed by atoms with Crippen LogP contribution in [0, 0.1) is 5.92 Å². The fourth-order valence-electron chi connectivity index (χ4n) is 4.34. The lowest BCUT2D eigenvalue weighted by atomic mass is 10.0. The van der Waals surface area contributed by atoms with Crippen LogP contribution in [0.1, 0.15) is 52.2 Å². The molecule has 0 radical (unpaired) electrons. The second-order valence-electron chi connectivity index (χ2n) is 10.3. The Morgan fingerprint density at radius 1 is 1.02 bits per heavy atom. The maximum Gasteiger partial charge on any atom is 0.322 e. The van der Waals surface area contributed by atoms with Crippen LogP contribution in [0.25, 0.3) is 11.1 Å². The van der Waals surface area contributed by atoms with Crippen LogP contribution in [0.15, 0.2) is 48.5 Å². The van der Waals surface area contributed by atoms with Gasteiger partial charge in [0, 0.05) is 6.54 Å². The van der Waals surface area contributed by atoms with Gasteiger partial charge in [0.05, 0.1) is 6.10 Å². The number of hydrogen-bond acceptors (Lipinski definition) is 7. The Balaban J connectivity index is 1.52. The molecule has 3 amide bonds. The normalized spacial score (nSPS) is 17.4. The first kappa shape index (κ1) is 30.6. The number of amides is 3. The molecule has 0 spiro atoms. The van der Waals surface area contributed by atoms with Crippen LogP contribution in [0.4, 0.5) is 0 Å². The molecule has 3 rings (SSSR count). The van der Waals surface area contributed by atoms with Gasteiger partial charge in [-0.05, 0) is 67.5 Å². The van der Waals surface area contributed by atoms with E-state index in [0.717, 1.165) is 16.7 Å². The van der Waals surface area contributed by atoms with Crippen LogP contribution in [0.5, 0.6) is 5.75 Å². The summed E-state index contributed by atoms with van der Waals surface area (Å²) in [5.74, 6) is -2.32. The molecule has 1 heterocycles. The highest BCUT2D eigenvalue weighted by atomic mass is 16.5. The minimum atomic E-state index is -1.04. The number of aliphatic carboxylic acids is 1. The number of carboxylic acids is 1. The number of rotatable bonds is 11. The number of aliphatic hydroxyl groups excluding tert-OH is 1. The fraction of sp³-hybridized carbons (Fsp3) is 0.448. The number of nitrogens with zero attached hydrogens (tertiary/aromatic N) is 1. The minimum absolute atomic E-state index is 0.271. The van der Waals surface area contributed by atoms with Crippen molar-refractivity contribution in [3.05, 3.63) is 54.1 Å². The number of ether oxygens (including phenoxy) is 1. The van der Waals surface area contributed by atoms with Crippen LogP contribution in [0.2, 0.25) is 0 Å². The number of carboxylic acid groups (broad SMARTS) is 1. The van der Waals surface area contributed by atoms with Crippen molar-refractivity contribution in [1.29, 1.82) is 0 Å². The third-order valence-electron chi connectivity index (χ3n) is 6.67. The molecule has 0 saturated carbocycles. The topological polar surface area (TPSA) is 157 Å². The van der Waals surface area contributed by atoms with Gasteiger partial charge in [0.1, 0.15) is 23.9 Å². The standard InChI is InChI=1S/C29H38N4O7/c1-17(2)26(27(36)30-18(3)28(37)33-14-6-9-24(32-33)29(38)39)31-25(35)16-40-23-12-10-20(11-13-23)22-8-5-7-21(15-22)19(4)34/h5,7-8,10-13,15,17-19,24,26,32,34H,6,9,14,16H2,1-4H3,(H,30,36)(H,31,35)(H,38,39)/t18-,19+,24-,26-/m0/s1. The lowest BCUT2D eigenvalue weighted by molar-refractivity contribution is -0.148. The summed E-state index contributed by atoms with van der Waals surface area (Å²) in [6, 6.07) is 12.1. The zero-order valence-corrected chi connectivity index (χ0v) is 23.2. The van der Waals surface area contributed by atoms with E-state index in [0.29, 0.717) is 25.1 Å². The molecule has 1 saturated heterocycles. The van der Waals surface area contributed by atoms with Crippen molar-refractivity contribution in [2.75, 3.05) is 13.2 Å². The smallest absolute Gasteiger partial charge is 0.322 e. The van der Waals surface area contributed by atoms with E-state index in [-0.39, 0.29) is 12.5 Å². The first-order chi connectivity index (χ1) is 19.0. The Bertz CT molecular complexity index is 1200. The fourth-order valence-corrected chi connectivity index (χ4v) is 4.34. The Hall–Kier alpha value is -3.96. The minimum Gasteiger partial charge on any atom is -0.484 e. The monoisotopic (exact) mass is 554 g/mol. The van der Waals surface area contributed by atoms with E-state index in [2.05, 4.69) is 16.1 Å². The molecule has 11 nitrogen and oxygen atoms in total. The molecule has 0 aromatic heterocycles. The summed E-state index contributed by atoms with van der Waals surface area (Å²) in [6.45, 7) is 6.79. The quantitative estimate of drug-likeness (QED) is 0.282. The molecule has 4 atom stereocenters. The third-order valence-corrected chi connectivity index (χ3v) is 6.67. The Kier molecular flexibility index (Phi) is 10.6. The van der Waals surface area contributed by atoms with E-state index < -0.39 is 47.9 Å². The lowest BCUT2D eigenvalue weighted by Gasteiger charge is -2.34. The number of hydrogen-bond donors (Lipinski definition) is 5. The molecule has 0 bridgehead atoms. The summed E-state index contributed by atoms with van der Waals surface area (Å²) in [4.78, 5) is 49.6. The van der Waals surface area contributed by atoms with Crippen molar-refractivity contribution in [2.45, 2.75) is 64.8 Å². The maximum atomic E-state index is 12.9. The first-order valence-electron chi connectivity index (χ1n) is 13.4. The van der Waals surface area contributed by atoms with E-state index in [4.69, 9.17) is 4.74 Å². The van der Waals surface area contributed by atoms with Gasteiger partial charge in [0.15, 0.2) is 6.61 Å². The predicted molar refractivity (Wildman–Crippen MR) is 148 cm³/mol. The molecule has 0 aliphatic carbocycles. The molecule has 2 aromatic carbocycles. The van der Waals surface area contributed by atoms with Crippen LogP contribution in [-0.4, -0.2) is 70.2 Å². The van der Waals surface area contributed by atoms with Crippen molar-refractivity contribution < 1.29 is 34.1 Å². The number of hydrazine groups is 1. The molecule has 0 unspecified atom stereocenters. The van der Waals surface area contributed by atoms with Crippen LogP contribution < -0.4 is 20.8 Å².